The predicted molar refractivity (Wildman–Crippen MR) is 113 cm³/mol. The van der Waals surface area contributed by atoms with Crippen LogP contribution in [0.15, 0.2) is 54.7 Å². The van der Waals surface area contributed by atoms with E-state index in [1.165, 1.54) is 6.07 Å². The van der Waals surface area contributed by atoms with Crippen LogP contribution in [0.25, 0.3) is 11.3 Å². The summed E-state index contributed by atoms with van der Waals surface area (Å²) in [4.78, 5) is 2.34. The lowest BCUT2D eigenvalue weighted by Crippen LogP contribution is -2.46. The SMILES string of the molecule is OC[C@]1(Cc2ccccc2F)CCCN(Cc2cn[nH]c2-c2ccc(Cl)cc2)C1. The van der Waals surface area contributed by atoms with Crippen molar-refractivity contribution in [1.29, 1.82) is 0 Å². The quantitative estimate of drug-likeness (QED) is 0.616. The van der Waals surface area contributed by atoms with E-state index in [-0.39, 0.29) is 17.8 Å². The number of hydrogen-bond donors (Lipinski definition) is 2. The van der Waals surface area contributed by atoms with E-state index in [4.69, 9.17) is 11.6 Å². The lowest BCUT2D eigenvalue weighted by molar-refractivity contribution is 0.0283. The first-order valence-electron chi connectivity index (χ1n) is 9.93. The molecule has 3 aromatic rings. The summed E-state index contributed by atoms with van der Waals surface area (Å²) in [7, 11) is 0. The summed E-state index contributed by atoms with van der Waals surface area (Å²) >= 11 is 6.01. The third-order valence-electron chi connectivity index (χ3n) is 5.84. The normalized spacial score (nSPS) is 20.1. The fourth-order valence-corrected chi connectivity index (χ4v) is 4.48. The van der Waals surface area contributed by atoms with Crippen LogP contribution < -0.4 is 0 Å². The van der Waals surface area contributed by atoms with Crippen molar-refractivity contribution in [2.45, 2.75) is 25.8 Å². The van der Waals surface area contributed by atoms with E-state index in [2.05, 4.69) is 15.1 Å². The van der Waals surface area contributed by atoms with Crippen molar-refractivity contribution >= 4 is 11.6 Å². The maximum Gasteiger partial charge on any atom is 0.126 e. The smallest absolute Gasteiger partial charge is 0.126 e. The number of H-pyrrole nitrogens is 1. The van der Waals surface area contributed by atoms with Gasteiger partial charge in [-0.3, -0.25) is 10.00 Å². The molecule has 2 N–H and O–H groups in total. The first kappa shape index (κ1) is 20.1. The van der Waals surface area contributed by atoms with Gasteiger partial charge in [0, 0.05) is 29.1 Å². The molecule has 1 atom stereocenters. The predicted octanol–water partition coefficient (Wildman–Crippen LogP) is 4.69. The molecule has 2 heterocycles. The average Bonchev–Trinajstić information content (AvgIpc) is 3.19. The van der Waals surface area contributed by atoms with E-state index in [9.17, 15) is 9.50 Å². The first-order valence-corrected chi connectivity index (χ1v) is 10.3. The molecule has 1 saturated heterocycles. The summed E-state index contributed by atoms with van der Waals surface area (Å²) in [5, 5.41) is 18.2. The average molecular weight is 414 g/mol. The molecule has 0 spiro atoms. The molecular weight excluding hydrogens is 389 g/mol. The maximum atomic E-state index is 14.2. The number of hydrogen-bond acceptors (Lipinski definition) is 3. The fraction of sp³-hybridized carbons (Fsp3) is 0.348. The highest BCUT2D eigenvalue weighted by Gasteiger charge is 2.36. The second-order valence-electron chi connectivity index (χ2n) is 8.02. The van der Waals surface area contributed by atoms with Crippen molar-refractivity contribution < 1.29 is 9.50 Å². The lowest BCUT2D eigenvalue weighted by Gasteiger charge is -2.42. The van der Waals surface area contributed by atoms with E-state index in [1.807, 2.05) is 42.6 Å². The van der Waals surface area contributed by atoms with Gasteiger partial charge in [-0.25, -0.2) is 4.39 Å². The Kier molecular flexibility index (Phi) is 5.99. The van der Waals surface area contributed by atoms with Gasteiger partial charge < -0.3 is 5.11 Å². The Morgan fingerprint density at radius 1 is 1.14 bits per heavy atom. The van der Waals surface area contributed by atoms with E-state index >= 15 is 0 Å². The van der Waals surface area contributed by atoms with E-state index in [1.54, 1.807) is 6.07 Å². The summed E-state index contributed by atoms with van der Waals surface area (Å²) in [6.07, 6.45) is 4.27. The molecule has 0 aliphatic carbocycles. The minimum Gasteiger partial charge on any atom is -0.396 e. The number of halogens is 2. The molecule has 0 unspecified atom stereocenters. The van der Waals surface area contributed by atoms with Gasteiger partial charge in [0.25, 0.3) is 0 Å². The Morgan fingerprint density at radius 3 is 2.69 bits per heavy atom. The molecule has 0 saturated carbocycles. The third kappa shape index (κ3) is 4.53. The van der Waals surface area contributed by atoms with Crippen LogP contribution >= 0.6 is 11.6 Å². The molecule has 4 rings (SSSR count). The molecule has 4 nitrogen and oxygen atoms in total. The number of nitrogens with one attached hydrogen (secondary N) is 1. The summed E-state index contributed by atoms with van der Waals surface area (Å²) < 4.78 is 14.2. The van der Waals surface area contributed by atoms with Crippen molar-refractivity contribution in [2.24, 2.45) is 5.41 Å². The molecule has 1 aliphatic heterocycles. The van der Waals surface area contributed by atoms with Crippen LogP contribution in [0.3, 0.4) is 0 Å². The second-order valence-corrected chi connectivity index (χ2v) is 8.45. The van der Waals surface area contributed by atoms with E-state index in [0.29, 0.717) is 17.0 Å². The number of rotatable bonds is 6. The molecule has 6 heteroatoms. The monoisotopic (exact) mass is 413 g/mol. The summed E-state index contributed by atoms with van der Waals surface area (Å²) in [5.74, 6) is -0.197. The van der Waals surface area contributed by atoms with Gasteiger partial charge in [0.1, 0.15) is 5.82 Å². The van der Waals surface area contributed by atoms with E-state index < -0.39 is 0 Å². The standard InChI is InChI=1S/C23H25ClFN3O/c24-20-8-6-17(7-9-20)22-19(13-26-27-22)14-28-11-3-10-23(15-28,16-29)12-18-4-1-2-5-21(18)25/h1-2,4-9,13,29H,3,10-12,14-16H2,(H,26,27)/t23-/m0/s1. The molecule has 2 aromatic carbocycles. The minimum atomic E-state index is -0.329. The van der Waals surface area contributed by atoms with Gasteiger partial charge >= 0.3 is 0 Å². The van der Waals surface area contributed by atoms with Crippen LogP contribution in [0.5, 0.6) is 0 Å². The van der Waals surface area contributed by atoms with Gasteiger partial charge in [-0.2, -0.15) is 5.10 Å². The zero-order valence-corrected chi connectivity index (χ0v) is 17.0. The molecule has 0 bridgehead atoms. The zero-order valence-electron chi connectivity index (χ0n) is 16.2. The Balaban J connectivity index is 1.51. The molecular formula is C23H25ClFN3O. The van der Waals surface area contributed by atoms with Crippen molar-refractivity contribution in [3.63, 3.8) is 0 Å². The van der Waals surface area contributed by atoms with Crippen LogP contribution in [-0.2, 0) is 13.0 Å². The Bertz CT molecular complexity index is 959. The highest BCUT2D eigenvalue weighted by atomic mass is 35.5. The zero-order chi connectivity index (χ0) is 20.3. The van der Waals surface area contributed by atoms with Crippen LogP contribution in [0.2, 0.25) is 5.02 Å². The highest BCUT2D eigenvalue weighted by molar-refractivity contribution is 6.30. The summed E-state index contributed by atoms with van der Waals surface area (Å²) in [6, 6.07) is 14.6. The van der Waals surface area contributed by atoms with Gasteiger partial charge in [-0.1, -0.05) is 41.9 Å². The number of likely N-dealkylation sites (tertiary alicyclic amines) is 1. The number of benzene rings is 2. The molecule has 1 aliphatic rings. The van der Waals surface area contributed by atoms with Crippen molar-refractivity contribution in [3.8, 4) is 11.3 Å². The molecule has 29 heavy (non-hydrogen) atoms. The molecule has 152 valence electrons. The summed E-state index contributed by atoms with van der Waals surface area (Å²) in [6.45, 7) is 2.45. The Morgan fingerprint density at radius 2 is 1.93 bits per heavy atom. The molecule has 0 amide bonds. The Labute approximate surface area is 175 Å². The first-order chi connectivity index (χ1) is 14.1. The number of aliphatic hydroxyl groups is 1. The molecule has 0 radical (unpaired) electrons. The molecule has 1 aromatic heterocycles. The second kappa shape index (κ2) is 8.66. The number of piperidine rings is 1. The number of aromatic nitrogens is 2. The van der Waals surface area contributed by atoms with Gasteiger partial charge in [0.05, 0.1) is 18.5 Å². The van der Waals surface area contributed by atoms with E-state index in [0.717, 1.165) is 49.3 Å². The van der Waals surface area contributed by atoms with Crippen LogP contribution in [-0.4, -0.2) is 39.9 Å². The topological polar surface area (TPSA) is 52.1 Å². The third-order valence-corrected chi connectivity index (χ3v) is 6.10. The van der Waals surface area contributed by atoms with Crippen molar-refractivity contribution in [3.05, 3.63) is 76.7 Å². The van der Waals surface area contributed by atoms with Gasteiger partial charge in [0.15, 0.2) is 0 Å². The van der Waals surface area contributed by atoms with Crippen molar-refractivity contribution in [1.82, 2.24) is 15.1 Å². The summed E-state index contributed by atoms with van der Waals surface area (Å²) in [5.41, 5.74) is 3.47. The molecule has 1 fully saturated rings. The van der Waals surface area contributed by atoms with Gasteiger partial charge in [-0.05, 0) is 55.1 Å². The van der Waals surface area contributed by atoms with Gasteiger partial charge in [-0.15, -0.1) is 0 Å². The highest BCUT2D eigenvalue weighted by Crippen LogP contribution is 2.35. The fourth-order valence-electron chi connectivity index (χ4n) is 4.36. The van der Waals surface area contributed by atoms with Crippen LogP contribution in [0.4, 0.5) is 4.39 Å². The maximum absolute atomic E-state index is 14.2. The van der Waals surface area contributed by atoms with Gasteiger partial charge in [0.2, 0.25) is 0 Å². The van der Waals surface area contributed by atoms with Crippen LogP contribution in [0.1, 0.15) is 24.0 Å². The lowest BCUT2D eigenvalue weighted by atomic mass is 9.75. The van der Waals surface area contributed by atoms with Crippen molar-refractivity contribution in [2.75, 3.05) is 19.7 Å². The van der Waals surface area contributed by atoms with Crippen LogP contribution in [0, 0.1) is 11.2 Å². The largest absolute Gasteiger partial charge is 0.396 e. The number of aliphatic hydroxyl groups excluding tert-OH is 1. The number of aromatic amines is 1. The number of nitrogens with zero attached hydrogens (tertiary/aromatic N) is 2. The Hall–Kier alpha value is -2.21. The minimum absolute atomic E-state index is 0.0489.